The third-order valence-electron chi connectivity index (χ3n) is 11.8. The number of aromatic nitrogens is 7. The molecule has 0 aliphatic carbocycles. The van der Waals surface area contributed by atoms with Crippen molar-refractivity contribution in [1.82, 2.24) is 34.5 Å². The number of nitrogens with zero attached hydrogens (tertiary/aromatic N) is 7. The standard InChI is InChI=1S/C54H30B5N7/c55-44-43(45(56)47(58)48(59)46(44)57)54-64-51(35-22-14-21-34(29-35)31-15-4-1-5-16-31)61-52(65-54)36-27-28-42(66-40-25-12-10-23-37(40)38-24-11-13-26-41(38)66)39(30-36)53-62-49(32-17-6-2-7-18-32)60-50(63-53)33-19-8-3-9-20-33/h1-30H. The molecule has 11 rings (SSSR count). The number of para-hydroxylation sites is 2. The lowest BCUT2D eigenvalue weighted by molar-refractivity contribution is 1.06. The SMILES string of the molecule is [B]c1c([B])c([B])c(-c2nc(-c3cccc(-c4ccccc4)c3)nc(-c3ccc(-n4c5ccccc5c5ccccc54)c(-c4nc(-c5ccccc5)nc(-c5ccccc5)n4)c3)n2)c([B])c1[B]. The van der Waals surface area contributed by atoms with Crippen LogP contribution in [0.2, 0.25) is 0 Å². The van der Waals surface area contributed by atoms with Gasteiger partial charge in [-0.3, -0.25) is 0 Å². The first-order valence-electron chi connectivity index (χ1n) is 21.2. The summed E-state index contributed by atoms with van der Waals surface area (Å²) in [5, 5.41) is 2.21. The second kappa shape index (κ2) is 16.8. The highest BCUT2D eigenvalue weighted by atomic mass is 15.1. The molecular formula is C54H30B5N7. The van der Waals surface area contributed by atoms with Crippen molar-refractivity contribution in [3.05, 3.63) is 182 Å². The molecule has 0 bridgehead atoms. The van der Waals surface area contributed by atoms with E-state index in [0.717, 1.165) is 55.3 Å². The van der Waals surface area contributed by atoms with Crippen LogP contribution < -0.4 is 27.3 Å². The summed E-state index contributed by atoms with van der Waals surface area (Å²) < 4.78 is 2.25. The predicted octanol–water partition coefficient (Wildman–Crippen LogP) is 6.79. The summed E-state index contributed by atoms with van der Waals surface area (Å²) in [7, 11) is 32.5. The lowest BCUT2D eigenvalue weighted by Gasteiger charge is -2.21. The predicted molar refractivity (Wildman–Crippen MR) is 273 cm³/mol. The lowest BCUT2D eigenvalue weighted by atomic mass is 9.60. The van der Waals surface area contributed by atoms with Gasteiger partial charge in [0.1, 0.15) is 39.2 Å². The summed E-state index contributed by atoms with van der Waals surface area (Å²) in [6.07, 6.45) is 0. The molecule has 3 aromatic heterocycles. The second-order valence-corrected chi connectivity index (χ2v) is 15.8. The van der Waals surface area contributed by atoms with Gasteiger partial charge in [0.25, 0.3) is 0 Å². The van der Waals surface area contributed by atoms with Crippen LogP contribution >= 0.6 is 0 Å². The van der Waals surface area contributed by atoms with E-state index < -0.39 is 0 Å². The molecule has 0 aliphatic heterocycles. The largest absolute Gasteiger partial charge is 0.309 e. The van der Waals surface area contributed by atoms with E-state index in [1.54, 1.807) is 0 Å². The minimum atomic E-state index is 0.0855. The van der Waals surface area contributed by atoms with Crippen molar-refractivity contribution in [2.75, 3.05) is 0 Å². The van der Waals surface area contributed by atoms with Gasteiger partial charge in [-0.15, -0.1) is 16.4 Å². The molecule has 0 atom stereocenters. The fraction of sp³-hybridized carbons (Fsp3) is 0. The highest BCUT2D eigenvalue weighted by Gasteiger charge is 2.23. The molecule has 0 saturated carbocycles. The van der Waals surface area contributed by atoms with Crippen LogP contribution in [0.15, 0.2) is 182 Å². The number of fused-ring (bicyclic) bond motifs is 3. The van der Waals surface area contributed by atoms with Gasteiger partial charge in [-0.2, -0.15) is 0 Å². The molecular weight excluding hydrogens is 801 g/mol. The van der Waals surface area contributed by atoms with Crippen molar-refractivity contribution in [3.63, 3.8) is 0 Å². The fourth-order valence-electron chi connectivity index (χ4n) is 8.47. The Kier molecular flexibility index (Phi) is 10.3. The van der Waals surface area contributed by atoms with Gasteiger partial charge in [-0.1, -0.05) is 157 Å². The molecule has 0 saturated heterocycles. The molecule has 7 nitrogen and oxygen atoms in total. The van der Waals surface area contributed by atoms with E-state index in [2.05, 4.69) is 59.2 Å². The number of rotatable bonds is 8. The van der Waals surface area contributed by atoms with Crippen LogP contribution in [0, 0.1) is 0 Å². The van der Waals surface area contributed by atoms with Crippen LogP contribution in [0.5, 0.6) is 0 Å². The minimum absolute atomic E-state index is 0.0855. The maximum absolute atomic E-state index is 6.69. The fourth-order valence-corrected chi connectivity index (χ4v) is 8.47. The molecule has 8 aromatic carbocycles. The van der Waals surface area contributed by atoms with E-state index in [1.807, 2.05) is 127 Å². The van der Waals surface area contributed by atoms with Gasteiger partial charge < -0.3 is 4.57 Å². The van der Waals surface area contributed by atoms with E-state index in [4.69, 9.17) is 69.1 Å². The van der Waals surface area contributed by atoms with Crippen LogP contribution in [0.25, 0.3) is 107 Å². The smallest absolute Gasteiger partial charge is 0.166 e. The number of hydrogen-bond acceptors (Lipinski definition) is 6. The van der Waals surface area contributed by atoms with E-state index in [9.17, 15) is 0 Å². The van der Waals surface area contributed by atoms with E-state index in [0.29, 0.717) is 40.2 Å². The third kappa shape index (κ3) is 7.21. The van der Waals surface area contributed by atoms with Gasteiger partial charge in [0.15, 0.2) is 34.9 Å². The molecule has 0 fully saturated rings. The van der Waals surface area contributed by atoms with Gasteiger partial charge in [-0.05, 0) is 47.5 Å². The van der Waals surface area contributed by atoms with Gasteiger partial charge in [0, 0.05) is 44.2 Å². The highest BCUT2D eigenvalue weighted by Crippen LogP contribution is 2.38. The van der Waals surface area contributed by atoms with Crippen LogP contribution in [-0.2, 0) is 0 Å². The zero-order valence-corrected chi connectivity index (χ0v) is 35.3. The van der Waals surface area contributed by atoms with Crippen molar-refractivity contribution >= 4 is 88.4 Å². The molecule has 0 amide bonds. The number of benzene rings is 8. The van der Waals surface area contributed by atoms with Crippen LogP contribution in [0.4, 0.5) is 0 Å². The van der Waals surface area contributed by atoms with Crippen molar-refractivity contribution in [2.24, 2.45) is 0 Å². The Morgan fingerprint density at radius 2 is 0.682 bits per heavy atom. The van der Waals surface area contributed by atoms with Gasteiger partial charge in [-0.25, -0.2) is 29.9 Å². The summed E-state index contributed by atoms with van der Waals surface area (Å²) in [5.41, 5.74) is 9.35. The maximum atomic E-state index is 6.69. The zero-order valence-electron chi connectivity index (χ0n) is 35.3. The normalized spacial score (nSPS) is 11.3. The first-order chi connectivity index (χ1) is 32.3. The van der Waals surface area contributed by atoms with Crippen molar-refractivity contribution < 1.29 is 0 Å². The first-order valence-corrected chi connectivity index (χ1v) is 21.2. The summed E-state index contributed by atoms with van der Waals surface area (Å²) in [5.74, 6) is 2.34. The monoisotopic (exact) mass is 831 g/mol. The Morgan fingerprint density at radius 3 is 1.23 bits per heavy atom. The Hall–Kier alpha value is -8.10. The Bertz CT molecular complexity index is 3520. The molecule has 0 N–H and O–H groups in total. The minimum Gasteiger partial charge on any atom is -0.309 e. The molecule has 10 radical (unpaired) electrons. The average Bonchev–Trinajstić information content (AvgIpc) is 3.72. The van der Waals surface area contributed by atoms with Crippen LogP contribution in [0.3, 0.4) is 0 Å². The second-order valence-electron chi connectivity index (χ2n) is 15.8. The van der Waals surface area contributed by atoms with Crippen molar-refractivity contribution in [1.29, 1.82) is 0 Å². The summed E-state index contributed by atoms with van der Waals surface area (Å²) in [4.78, 5) is 30.7. The van der Waals surface area contributed by atoms with E-state index in [-0.39, 0.29) is 38.7 Å². The summed E-state index contributed by atoms with van der Waals surface area (Å²) in [6.45, 7) is 0. The Balaban J connectivity index is 1.20. The molecule has 0 unspecified atom stereocenters. The van der Waals surface area contributed by atoms with E-state index >= 15 is 0 Å². The van der Waals surface area contributed by atoms with Gasteiger partial charge in [0.05, 0.1) is 16.7 Å². The molecule has 0 spiro atoms. The number of hydrogen-bond donors (Lipinski definition) is 0. The quantitative estimate of drug-likeness (QED) is 0.157. The summed E-state index contributed by atoms with van der Waals surface area (Å²) in [6, 6.07) is 60.7. The Labute approximate surface area is 388 Å². The third-order valence-corrected chi connectivity index (χ3v) is 11.8. The molecule has 12 heteroatoms. The summed E-state index contributed by atoms with van der Waals surface area (Å²) >= 11 is 0. The lowest BCUT2D eigenvalue weighted by Crippen LogP contribution is -2.55. The average molecular weight is 831 g/mol. The molecule has 3 heterocycles. The topological polar surface area (TPSA) is 82.3 Å². The molecule has 66 heavy (non-hydrogen) atoms. The van der Waals surface area contributed by atoms with Crippen LogP contribution in [-0.4, -0.2) is 73.7 Å². The molecule has 0 aliphatic rings. The van der Waals surface area contributed by atoms with Crippen molar-refractivity contribution in [2.45, 2.75) is 0 Å². The molecule has 11 aromatic rings. The highest BCUT2D eigenvalue weighted by molar-refractivity contribution is 6.68. The zero-order chi connectivity index (χ0) is 44.9. The Morgan fingerprint density at radius 1 is 0.288 bits per heavy atom. The van der Waals surface area contributed by atoms with Crippen molar-refractivity contribution in [3.8, 4) is 85.1 Å². The first kappa shape index (κ1) is 40.7. The van der Waals surface area contributed by atoms with Gasteiger partial charge >= 0.3 is 0 Å². The van der Waals surface area contributed by atoms with E-state index in [1.165, 1.54) is 0 Å². The molecule has 296 valence electrons. The maximum Gasteiger partial charge on any atom is 0.166 e. The van der Waals surface area contributed by atoms with Crippen LogP contribution in [0.1, 0.15) is 0 Å². The van der Waals surface area contributed by atoms with Gasteiger partial charge in [0.2, 0.25) is 0 Å².